The molecule has 0 aromatic heterocycles. The second kappa shape index (κ2) is 4.65. The lowest BCUT2D eigenvalue weighted by molar-refractivity contribution is -0.923. The quantitative estimate of drug-likeness (QED) is 0.564. The van der Waals surface area contributed by atoms with Crippen LogP contribution in [0.3, 0.4) is 0 Å². The third-order valence-corrected chi connectivity index (χ3v) is 4.54. The summed E-state index contributed by atoms with van der Waals surface area (Å²) in [6.45, 7) is 2.93. The molecule has 1 aliphatic carbocycles. The zero-order chi connectivity index (χ0) is 9.86. The Kier molecular flexibility index (Phi) is 3.48. The fraction of sp³-hybridized carbons (Fsp3) is 1.00. The summed E-state index contributed by atoms with van der Waals surface area (Å²) < 4.78 is 1.42. The van der Waals surface area contributed by atoms with Crippen LogP contribution in [-0.2, 0) is 0 Å². The molecule has 2 rings (SSSR count). The molecule has 0 aromatic carbocycles. The molecule has 1 saturated carbocycles. The molecule has 1 heteroatoms. The highest BCUT2D eigenvalue weighted by Crippen LogP contribution is 2.29. The van der Waals surface area contributed by atoms with E-state index < -0.39 is 0 Å². The molecule has 1 saturated heterocycles. The van der Waals surface area contributed by atoms with Gasteiger partial charge in [-0.25, -0.2) is 0 Å². The maximum Gasteiger partial charge on any atom is 0.0888 e. The minimum atomic E-state index is 1.01. The van der Waals surface area contributed by atoms with Crippen LogP contribution in [-0.4, -0.2) is 30.7 Å². The van der Waals surface area contributed by atoms with E-state index in [0.29, 0.717) is 0 Å². The van der Waals surface area contributed by atoms with Gasteiger partial charge in [-0.3, -0.25) is 0 Å². The van der Waals surface area contributed by atoms with Crippen LogP contribution in [0, 0.1) is 0 Å². The smallest absolute Gasteiger partial charge is 0.0888 e. The van der Waals surface area contributed by atoms with Crippen LogP contribution < -0.4 is 0 Å². The van der Waals surface area contributed by atoms with Gasteiger partial charge in [0.25, 0.3) is 0 Å². The average Bonchev–Trinajstić information content (AvgIpc) is 2.52. The van der Waals surface area contributed by atoms with E-state index in [9.17, 15) is 0 Å². The predicted octanol–water partition coefficient (Wildman–Crippen LogP) is 3.34. The Morgan fingerprint density at radius 3 is 1.79 bits per heavy atom. The van der Waals surface area contributed by atoms with Crippen molar-refractivity contribution in [2.75, 3.05) is 20.1 Å². The van der Waals surface area contributed by atoms with Crippen molar-refractivity contribution in [3.05, 3.63) is 0 Å². The topological polar surface area (TPSA) is 0 Å². The molecule has 0 atom stereocenters. The monoisotopic (exact) mass is 196 g/mol. The van der Waals surface area contributed by atoms with Crippen LogP contribution in [0.1, 0.15) is 57.8 Å². The number of quaternary nitrogens is 1. The highest BCUT2D eigenvalue weighted by Gasteiger charge is 2.35. The van der Waals surface area contributed by atoms with Crippen molar-refractivity contribution < 1.29 is 4.48 Å². The Morgan fingerprint density at radius 1 is 0.714 bits per heavy atom. The number of hydrogen-bond acceptors (Lipinski definition) is 0. The van der Waals surface area contributed by atoms with Crippen molar-refractivity contribution in [3.8, 4) is 0 Å². The van der Waals surface area contributed by atoms with Gasteiger partial charge in [0.05, 0.1) is 26.2 Å². The van der Waals surface area contributed by atoms with Crippen molar-refractivity contribution in [2.45, 2.75) is 63.8 Å². The molecule has 2 fully saturated rings. The summed E-state index contributed by atoms with van der Waals surface area (Å²) in [5, 5.41) is 0. The normalized spacial score (nSPS) is 29.8. The predicted molar refractivity (Wildman–Crippen MR) is 61.3 cm³/mol. The maximum atomic E-state index is 2.51. The van der Waals surface area contributed by atoms with E-state index in [-0.39, 0.29) is 0 Å². The third kappa shape index (κ3) is 2.31. The van der Waals surface area contributed by atoms with Gasteiger partial charge in [0.15, 0.2) is 0 Å². The molecule has 1 nitrogen and oxygen atoms in total. The molecule has 0 N–H and O–H groups in total. The molecule has 1 aliphatic heterocycles. The van der Waals surface area contributed by atoms with Crippen molar-refractivity contribution >= 4 is 0 Å². The molecule has 0 spiro atoms. The van der Waals surface area contributed by atoms with Crippen LogP contribution in [0.5, 0.6) is 0 Å². The number of nitrogens with zero attached hydrogens (tertiary/aromatic N) is 1. The van der Waals surface area contributed by atoms with Crippen LogP contribution in [0.2, 0.25) is 0 Å². The Morgan fingerprint density at radius 2 is 1.21 bits per heavy atom. The zero-order valence-electron chi connectivity index (χ0n) is 9.80. The van der Waals surface area contributed by atoms with Gasteiger partial charge in [0.1, 0.15) is 0 Å². The Balaban J connectivity index is 1.92. The fourth-order valence-electron chi connectivity index (χ4n) is 3.48. The molecule has 1 heterocycles. The first kappa shape index (κ1) is 10.5. The van der Waals surface area contributed by atoms with Gasteiger partial charge < -0.3 is 4.48 Å². The van der Waals surface area contributed by atoms with E-state index in [1.807, 2.05) is 0 Å². The summed E-state index contributed by atoms with van der Waals surface area (Å²) in [5.74, 6) is 0. The van der Waals surface area contributed by atoms with Crippen molar-refractivity contribution in [1.29, 1.82) is 0 Å². The Labute approximate surface area is 89.1 Å². The van der Waals surface area contributed by atoms with E-state index >= 15 is 0 Å². The summed E-state index contributed by atoms with van der Waals surface area (Å²) in [6, 6.07) is 1.01. The molecule has 82 valence electrons. The Hall–Kier alpha value is -0.0400. The summed E-state index contributed by atoms with van der Waals surface area (Å²) in [7, 11) is 2.51. The van der Waals surface area contributed by atoms with Crippen LogP contribution in [0.25, 0.3) is 0 Å². The van der Waals surface area contributed by atoms with E-state index in [2.05, 4.69) is 7.05 Å². The van der Waals surface area contributed by atoms with E-state index in [1.54, 1.807) is 0 Å². The lowest BCUT2D eigenvalue weighted by Gasteiger charge is -2.39. The van der Waals surface area contributed by atoms with E-state index in [0.717, 1.165) is 6.04 Å². The maximum absolute atomic E-state index is 2.51. The third-order valence-electron chi connectivity index (χ3n) is 4.54. The molecule has 0 bridgehead atoms. The van der Waals surface area contributed by atoms with Crippen molar-refractivity contribution in [1.82, 2.24) is 0 Å². The van der Waals surface area contributed by atoms with Crippen LogP contribution >= 0.6 is 0 Å². The standard InChI is InChI=1S/C13H26N/c1-14(11-7-8-12-14)13-9-5-3-2-4-6-10-13/h13H,2-12H2,1H3/q+1. The first-order chi connectivity index (χ1) is 6.81. The van der Waals surface area contributed by atoms with E-state index in [1.165, 1.54) is 75.4 Å². The SMILES string of the molecule is C[N+]1(C2CCCCCCC2)CCCC1. The minimum Gasteiger partial charge on any atom is -0.324 e. The van der Waals surface area contributed by atoms with Crippen molar-refractivity contribution in [3.63, 3.8) is 0 Å². The van der Waals surface area contributed by atoms with E-state index in [4.69, 9.17) is 0 Å². The van der Waals surface area contributed by atoms with Crippen molar-refractivity contribution in [2.24, 2.45) is 0 Å². The molecule has 2 aliphatic rings. The second-order valence-corrected chi connectivity index (χ2v) is 5.63. The van der Waals surface area contributed by atoms with Gasteiger partial charge in [0.2, 0.25) is 0 Å². The van der Waals surface area contributed by atoms with Gasteiger partial charge in [-0.1, -0.05) is 19.3 Å². The van der Waals surface area contributed by atoms with Gasteiger partial charge in [-0.05, 0) is 25.7 Å². The molecule has 0 unspecified atom stereocenters. The molecular formula is C13H26N+. The summed E-state index contributed by atoms with van der Waals surface area (Å²) >= 11 is 0. The zero-order valence-corrected chi connectivity index (χ0v) is 9.80. The summed E-state index contributed by atoms with van der Waals surface area (Å²) in [5.41, 5.74) is 0. The molecule has 14 heavy (non-hydrogen) atoms. The minimum absolute atomic E-state index is 1.01. The summed E-state index contributed by atoms with van der Waals surface area (Å²) in [6.07, 6.45) is 13.5. The van der Waals surface area contributed by atoms with Gasteiger partial charge >= 0.3 is 0 Å². The number of rotatable bonds is 1. The van der Waals surface area contributed by atoms with Gasteiger partial charge in [-0.15, -0.1) is 0 Å². The Bertz CT molecular complexity index is 162. The van der Waals surface area contributed by atoms with Crippen LogP contribution in [0.4, 0.5) is 0 Å². The first-order valence-electron chi connectivity index (χ1n) is 6.65. The average molecular weight is 196 g/mol. The molecule has 0 radical (unpaired) electrons. The number of likely N-dealkylation sites (tertiary alicyclic amines) is 1. The number of hydrogen-bond donors (Lipinski definition) is 0. The fourth-order valence-corrected chi connectivity index (χ4v) is 3.48. The van der Waals surface area contributed by atoms with Gasteiger partial charge in [-0.2, -0.15) is 0 Å². The summed E-state index contributed by atoms with van der Waals surface area (Å²) in [4.78, 5) is 0. The lowest BCUT2D eigenvalue weighted by Crippen LogP contribution is -2.50. The highest BCUT2D eigenvalue weighted by atomic mass is 15.4. The van der Waals surface area contributed by atoms with Crippen LogP contribution in [0.15, 0.2) is 0 Å². The molecule has 0 amide bonds. The molecule has 0 aromatic rings. The molecular weight excluding hydrogens is 170 g/mol. The largest absolute Gasteiger partial charge is 0.324 e. The second-order valence-electron chi connectivity index (χ2n) is 5.63. The highest BCUT2D eigenvalue weighted by molar-refractivity contribution is 4.67. The lowest BCUT2D eigenvalue weighted by atomic mass is 9.94. The first-order valence-corrected chi connectivity index (χ1v) is 6.65. The van der Waals surface area contributed by atoms with Gasteiger partial charge in [0, 0.05) is 12.8 Å².